The van der Waals surface area contributed by atoms with E-state index in [9.17, 15) is 4.79 Å². The van der Waals surface area contributed by atoms with Gasteiger partial charge in [0.05, 0.1) is 5.69 Å². The number of aromatic nitrogens is 1. The summed E-state index contributed by atoms with van der Waals surface area (Å²) in [7, 11) is 0. The minimum atomic E-state index is -0.164. The minimum Gasteiger partial charge on any atom is -0.360 e. The molecule has 0 aliphatic heterocycles. The molecule has 0 unspecified atom stereocenters. The van der Waals surface area contributed by atoms with Gasteiger partial charge >= 0.3 is 0 Å². The number of nitrogens with one attached hydrogen (secondary N) is 1. The number of hydrogen-bond acceptors (Lipinski definition) is 3. The van der Waals surface area contributed by atoms with Crippen LogP contribution in [0.3, 0.4) is 0 Å². The van der Waals surface area contributed by atoms with Crippen LogP contribution in [0.25, 0.3) is 0 Å². The maximum Gasteiger partial charge on any atom is 0.257 e. The molecule has 2 aromatic rings. The molecular formula is C15H17ClN2O2. The van der Waals surface area contributed by atoms with Crippen LogP contribution < -0.4 is 5.32 Å². The van der Waals surface area contributed by atoms with Gasteiger partial charge in [0.15, 0.2) is 5.76 Å². The number of nitrogens with zero attached hydrogens (tertiary/aromatic N) is 1. The number of benzene rings is 1. The van der Waals surface area contributed by atoms with Crippen molar-refractivity contribution >= 4 is 17.5 Å². The second kappa shape index (κ2) is 6.09. The van der Waals surface area contributed by atoms with Crippen molar-refractivity contribution in [3.05, 3.63) is 51.9 Å². The van der Waals surface area contributed by atoms with Crippen LogP contribution in [0.5, 0.6) is 0 Å². The third-order valence-electron chi connectivity index (χ3n) is 3.01. The van der Waals surface area contributed by atoms with Gasteiger partial charge < -0.3 is 9.84 Å². The summed E-state index contributed by atoms with van der Waals surface area (Å²) in [6, 6.07) is 7.36. The lowest BCUT2D eigenvalue weighted by atomic mass is 10.0. The average Bonchev–Trinajstić information content (AvgIpc) is 2.80. The van der Waals surface area contributed by atoms with E-state index in [1.165, 1.54) is 0 Å². The number of aryl methyl sites for hydroxylation is 1. The van der Waals surface area contributed by atoms with E-state index < -0.39 is 0 Å². The minimum absolute atomic E-state index is 0.118. The number of amides is 1. The van der Waals surface area contributed by atoms with Crippen molar-refractivity contribution in [1.82, 2.24) is 10.5 Å². The van der Waals surface area contributed by atoms with E-state index in [2.05, 4.69) is 10.5 Å². The van der Waals surface area contributed by atoms with Gasteiger partial charge in [0.25, 0.3) is 5.91 Å². The number of halogens is 1. The smallest absolute Gasteiger partial charge is 0.257 e. The standard InChI is InChI=1S/C15H17ClN2O2/c1-9(2)14-13(10(3)18-20-14)15(19)17-8-11-4-6-12(16)7-5-11/h4-7,9H,8H2,1-3H3,(H,17,19). The largest absolute Gasteiger partial charge is 0.360 e. The molecule has 0 saturated carbocycles. The van der Waals surface area contributed by atoms with Crippen molar-refractivity contribution in [3.63, 3.8) is 0 Å². The second-order valence-corrected chi connectivity index (χ2v) is 5.41. The lowest BCUT2D eigenvalue weighted by Gasteiger charge is -2.07. The molecule has 0 aliphatic carbocycles. The highest BCUT2D eigenvalue weighted by atomic mass is 35.5. The van der Waals surface area contributed by atoms with Gasteiger partial charge in [-0.3, -0.25) is 4.79 Å². The lowest BCUT2D eigenvalue weighted by Crippen LogP contribution is -2.24. The van der Waals surface area contributed by atoms with Crippen LogP contribution in [-0.2, 0) is 6.54 Å². The maximum atomic E-state index is 12.3. The van der Waals surface area contributed by atoms with Gasteiger partial charge in [-0.05, 0) is 24.6 Å². The molecule has 0 aliphatic rings. The molecule has 0 atom stereocenters. The Balaban J connectivity index is 2.09. The molecule has 5 heteroatoms. The molecule has 0 spiro atoms. The van der Waals surface area contributed by atoms with Gasteiger partial charge in [-0.25, -0.2) is 0 Å². The van der Waals surface area contributed by atoms with Crippen LogP contribution in [0.1, 0.15) is 47.1 Å². The molecular weight excluding hydrogens is 276 g/mol. The number of rotatable bonds is 4. The Labute approximate surface area is 123 Å². The summed E-state index contributed by atoms with van der Waals surface area (Å²) in [4.78, 5) is 12.3. The summed E-state index contributed by atoms with van der Waals surface area (Å²) in [5.74, 6) is 0.575. The highest BCUT2D eigenvalue weighted by Gasteiger charge is 2.22. The molecule has 1 aromatic heterocycles. The molecule has 1 aromatic carbocycles. The zero-order valence-electron chi connectivity index (χ0n) is 11.7. The zero-order chi connectivity index (χ0) is 14.7. The maximum absolute atomic E-state index is 12.3. The molecule has 1 heterocycles. The van der Waals surface area contributed by atoms with E-state index in [1.54, 1.807) is 19.1 Å². The van der Waals surface area contributed by atoms with Crippen LogP contribution in [0.2, 0.25) is 5.02 Å². The first-order valence-corrected chi connectivity index (χ1v) is 6.85. The van der Waals surface area contributed by atoms with E-state index in [1.807, 2.05) is 26.0 Å². The van der Waals surface area contributed by atoms with Crippen LogP contribution >= 0.6 is 11.6 Å². The molecule has 20 heavy (non-hydrogen) atoms. The Morgan fingerprint density at radius 3 is 2.60 bits per heavy atom. The fourth-order valence-corrected chi connectivity index (χ4v) is 2.06. The molecule has 0 radical (unpaired) electrons. The third kappa shape index (κ3) is 3.20. The first kappa shape index (κ1) is 14.6. The van der Waals surface area contributed by atoms with Crippen molar-refractivity contribution in [2.45, 2.75) is 33.2 Å². The first-order valence-electron chi connectivity index (χ1n) is 6.48. The zero-order valence-corrected chi connectivity index (χ0v) is 12.5. The van der Waals surface area contributed by atoms with Gasteiger partial charge in [-0.1, -0.05) is 42.7 Å². The Kier molecular flexibility index (Phi) is 4.45. The first-order chi connectivity index (χ1) is 9.49. The summed E-state index contributed by atoms with van der Waals surface area (Å²) in [6.07, 6.45) is 0. The fraction of sp³-hybridized carbons (Fsp3) is 0.333. The van der Waals surface area contributed by atoms with E-state index in [0.717, 1.165) is 5.56 Å². The molecule has 0 bridgehead atoms. The van der Waals surface area contributed by atoms with Crippen molar-refractivity contribution in [2.75, 3.05) is 0 Å². The molecule has 1 N–H and O–H groups in total. The molecule has 106 valence electrons. The quantitative estimate of drug-likeness (QED) is 0.935. The molecule has 1 amide bonds. The summed E-state index contributed by atoms with van der Waals surface area (Å²) >= 11 is 5.82. The average molecular weight is 293 g/mol. The predicted octanol–water partition coefficient (Wildman–Crippen LogP) is 3.69. The van der Waals surface area contributed by atoms with Gasteiger partial charge in [0.1, 0.15) is 5.56 Å². The molecule has 4 nitrogen and oxygen atoms in total. The van der Waals surface area contributed by atoms with Crippen molar-refractivity contribution in [2.24, 2.45) is 0 Å². The third-order valence-corrected chi connectivity index (χ3v) is 3.26. The van der Waals surface area contributed by atoms with Gasteiger partial charge in [-0.15, -0.1) is 0 Å². The molecule has 0 fully saturated rings. The van der Waals surface area contributed by atoms with Gasteiger partial charge in [0, 0.05) is 17.5 Å². The molecule has 0 saturated heterocycles. The SMILES string of the molecule is Cc1noc(C(C)C)c1C(=O)NCc1ccc(Cl)cc1. The second-order valence-electron chi connectivity index (χ2n) is 4.97. The number of carbonyl (C=O) groups excluding carboxylic acids is 1. The normalized spacial score (nSPS) is 10.8. The van der Waals surface area contributed by atoms with Crippen LogP contribution in [0.4, 0.5) is 0 Å². The van der Waals surface area contributed by atoms with Crippen molar-refractivity contribution in [3.8, 4) is 0 Å². The van der Waals surface area contributed by atoms with E-state index in [-0.39, 0.29) is 11.8 Å². The Morgan fingerprint density at radius 2 is 2.00 bits per heavy atom. The summed E-state index contributed by atoms with van der Waals surface area (Å²) in [6.45, 7) is 6.15. The highest BCUT2D eigenvalue weighted by Crippen LogP contribution is 2.22. The number of hydrogen-bond donors (Lipinski definition) is 1. The van der Waals surface area contributed by atoms with Gasteiger partial charge in [-0.2, -0.15) is 0 Å². The monoisotopic (exact) mass is 292 g/mol. The summed E-state index contributed by atoms with van der Waals surface area (Å²) in [5.41, 5.74) is 2.14. The predicted molar refractivity (Wildman–Crippen MR) is 78.0 cm³/mol. The van der Waals surface area contributed by atoms with Crippen molar-refractivity contribution < 1.29 is 9.32 Å². The fourth-order valence-electron chi connectivity index (χ4n) is 1.93. The van der Waals surface area contributed by atoms with Crippen LogP contribution in [0, 0.1) is 6.92 Å². The van der Waals surface area contributed by atoms with E-state index >= 15 is 0 Å². The Morgan fingerprint density at radius 1 is 1.35 bits per heavy atom. The number of carbonyl (C=O) groups is 1. The highest BCUT2D eigenvalue weighted by molar-refractivity contribution is 6.30. The summed E-state index contributed by atoms with van der Waals surface area (Å²) in [5, 5.41) is 7.42. The topological polar surface area (TPSA) is 55.1 Å². The summed E-state index contributed by atoms with van der Waals surface area (Å²) < 4.78 is 5.22. The van der Waals surface area contributed by atoms with Crippen LogP contribution in [0.15, 0.2) is 28.8 Å². The molecule has 2 rings (SSSR count). The van der Waals surface area contributed by atoms with E-state index in [4.69, 9.17) is 16.1 Å². The van der Waals surface area contributed by atoms with Crippen LogP contribution in [-0.4, -0.2) is 11.1 Å². The Hall–Kier alpha value is -1.81. The van der Waals surface area contributed by atoms with E-state index in [0.29, 0.717) is 28.6 Å². The lowest BCUT2D eigenvalue weighted by molar-refractivity contribution is 0.0948. The van der Waals surface area contributed by atoms with Crippen molar-refractivity contribution in [1.29, 1.82) is 0 Å². The Bertz CT molecular complexity index is 603. The van der Waals surface area contributed by atoms with Gasteiger partial charge in [0.2, 0.25) is 0 Å².